The summed E-state index contributed by atoms with van der Waals surface area (Å²) in [6.45, 7) is 0.247. The summed E-state index contributed by atoms with van der Waals surface area (Å²) < 4.78 is 45.1. The van der Waals surface area contributed by atoms with Gasteiger partial charge in [0.25, 0.3) is 0 Å². The van der Waals surface area contributed by atoms with Crippen LogP contribution in [0.4, 0.5) is 0 Å². The van der Waals surface area contributed by atoms with Gasteiger partial charge in [0.15, 0.2) is 35.1 Å². The van der Waals surface area contributed by atoms with E-state index in [2.05, 4.69) is 0 Å². The molecule has 0 radical (unpaired) electrons. The Morgan fingerprint density at radius 2 is 1.43 bits per heavy atom. The largest absolute Gasteiger partial charge is 0.493 e. The Labute approximate surface area is 214 Å². The molecule has 4 aromatic rings. The summed E-state index contributed by atoms with van der Waals surface area (Å²) in [4.78, 5) is 13.4. The van der Waals surface area contributed by atoms with Crippen molar-refractivity contribution in [3.8, 4) is 45.8 Å². The van der Waals surface area contributed by atoms with E-state index in [0.29, 0.717) is 23.7 Å². The van der Waals surface area contributed by atoms with Crippen molar-refractivity contribution < 1.29 is 37.6 Å². The van der Waals surface area contributed by atoms with Gasteiger partial charge in [-0.3, -0.25) is 4.79 Å². The quantitative estimate of drug-likeness (QED) is 0.258. The monoisotopic (exact) mass is 508 g/mol. The van der Waals surface area contributed by atoms with E-state index in [1.807, 2.05) is 30.3 Å². The summed E-state index contributed by atoms with van der Waals surface area (Å²) in [7, 11) is 7.36. The van der Waals surface area contributed by atoms with Gasteiger partial charge < -0.3 is 37.6 Å². The van der Waals surface area contributed by atoms with Crippen molar-refractivity contribution in [3.63, 3.8) is 0 Å². The highest BCUT2D eigenvalue weighted by Crippen LogP contribution is 2.50. The molecule has 0 saturated carbocycles. The average molecular weight is 509 g/mol. The van der Waals surface area contributed by atoms with Crippen LogP contribution in [0.2, 0.25) is 0 Å². The van der Waals surface area contributed by atoms with Crippen molar-refractivity contribution in [2.75, 3.05) is 42.3 Å². The van der Waals surface area contributed by atoms with Crippen LogP contribution in [-0.2, 0) is 11.3 Å². The molecular formula is C28H28O9. The van der Waals surface area contributed by atoms with Crippen molar-refractivity contribution in [1.29, 1.82) is 0 Å². The molecule has 194 valence electrons. The summed E-state index contributed by atoms with van der Waals surface area (Å²) >= 11 is 0. The summed E-state index contributed by atoms with van der Waals surface area (Å²) in [5.74, 6) is 2.02. The van der Waals surface area contributed by atoms with E-state index >= 15 is 0 Å². The normalized spacial score (nSPS) is 10.7. The van der Waals surface area contributed by atoms with E-state index in [4.69, 9.17) is 37.6 Å². The zero-order chi connectivity index (χ0) is 26.4. The highest BCUT2D eigenvalue weighted by atomic mass is 16.7. The maximum absolute atomic E-state index is 13.4. The molecule has 0 amide bonds. The van der Waals surface area contributed by atoms with Crippen LogP contribution in [-0.4, -0.2) is 42.3 Å². The first-order valence-corrected chi connectivity index (χ1v) is 11.3. The van der Waals surface area contributed by atoms with E-state index in [0.717, 1.165) is 5.56 Å². The number of rotatable bonds is 11. The molecule has 4 rings (SSSR count). The van der Waals surface area contributed by atoms with Crippen LogP contribution in [0.3, 0.4) is 0 Å². The SMILES string of the molecule is COCOc1c(OC)c(OC)c2oc(-c3ccc(OC)c(OCc4ccccc4)c3)cc(=O)c2c1OC. The van der Waals surface area contributed by atoms with Crippen LogP contribution < -0.4 is 33.8 Å². The lowest BCUT2D eigenvalue weighted by molar-refractivity contribution is 0.0470. The summed E-state index contributed by atoms with van der Waals surface area (Å²) in [5, 5.41) is 0.143. The second-order valence-corrected chi connectivity index (χ2v) is 7.80. The van der Waals surface area contributed by atoms with E-state index in [9.17, 15) is 4.79 Å². The van der Waals surface area contributed by atoms with Crippen molar-refractivity contribution in [2.45, 2.75) is 6.61 Å². The third-order valence-corrected chi connectivity index (χ3v) is 5.62. The highest BCUT2D eigenvalue weighted by Gasteiger charge is 2.28. The first-order chi connectivity index (χ1) is 18.1. The van der Waals surface area contributed by atoms with Gasteiger partial charge in [-0.2, -0.15) is 0 Å². The van der Waals surface area contributed by atoms with Crippen LogP contribution >= 0.6 is 0 Å². The highest BCUT2D eigenvalue weighted by molar-refractivity contribution is 5.95. The van der Waals surface area contributed by atoms with Crippen LogP contribution in [0.25, 0.3) is 22.3 Å². The number of hydrogen-bond acceptors (Lipinski definition) is 9. The van der Waals surface area contributed by atoms with Crippen molar-refractivity contribution >= 4 is 11.0 Å². The van der Waals surface area contributed by atoms with Gasteiger partial charge in [-0.1, -0.05) is 30.3 Å². The van der Waals surface area contributed by atoms with Gasteiger partial charge >= 0.3 is 0 Å². The molecule has 37 heavy (non-hydrogen) atoms. The van der Waals surface area contributed by atoms with Crippen LogP contribution in [0.1, 0.15) is 5.56 Å². The maximum Gasteiger partial charge on any atom is 0.211 e. The van der Waals surface area contributed by atoms with Gasteiger partial charge in [-0.15, -0.1) is 0 Å². The Morgan fingerprint density at radius 3 is 2.08 bits per heavy atom. The Bertz CT molecular complexity index is 1430. The van der Waals surface area contributed by atoms with Crippen molar-refractivity contribution in [1.82, 2.24) is 0 Å². The lowest BCUT2D eigenvalue weighted by Gasteiger charge is -2.19. The molecule has 0 aliphatic carbocycles. The summed E-state index contributed by atoms with van der Waals surface area (Å²) in [5.41, 5.74) is 1.38. The van der Waals surface area contributed by atoms with Gasteiger partial charge in [0, 0.05) is 18.7 Å². The number of fused-ring (bicyclic) bond motifs is 1. The molecule has 0 saturated heterocycles. The predicted octanol–water partition coefficient (Wildman–Crippen LogP) is 5.06. The van der Waals surface area contributed by atoms with E-state index in [-0.39, 0.29) is 51.9 Å². The summed E-state index contributed by atoms with van der Waals surface area (Å²) in [6.07, 6.45) is 0. The third-order valence-electron chi connectivity index (χ3n) is 5.62. The van der Waals surface area contributed by atoms with Crippen LogP contribution in [0.5, 0.6) is 34.5 Å². The van der Waals surface area contributed by atoms with E-state index in [1.165, 1.54) is 34.5 Å². The van der Waals surface area contributed by atoms with E-state index in [1.54, 1.807) is 25.3 Å². The molecule has 1 aromatic heterocycles. The molecule has 0 fully saturated rings. The topological polar surface area (TPSA) is 94.8 Å². The molecule has 0 unspecified atom stereocenters. The number of methoxy groups -OCH3 is 5. The molecule has 9 heteroatoms. The molecule has 1 heterocycles. The second-order valence-electron chi connectivity index (χ2n) is 7.80. The van der Waals surface area contributed by atoms with Gasteiger partial charge in [0.2, 0.25) is 17.2 Å². The number of hydrogen-bond donors (Lipinski definition) is 0. The number of ether oxygens (including phenoxy) is 7. The van der Waals surface area contributed by atoms with Gasteiger partial charge in [-0.25, -0.2) is 0 Å². The lowest BCUT2D eigenvalue weighted by Crippen LogP contribution is -2.09. The molecule has 0 aliphatic rings. The minimum atomic E-state index is -0.362. The molecule has 9 nitrogen and oxygen atoms in total. The minimum absolute atomic E-state index is 0.0948. The first kappa shape index (κ1) is 25.7. The van der Waals surface area contributed by atoms with Crippen molar-refractivity contribution in [2.24, 2.45) is 0 Å². The molecular weight excluding hydrogens is 480 g/mol. The Hall–Kier alpha value is -4.37. The predicted molar refractivity (Wildman–Crippen MR) is 137 cm³/mol. The fourth-order valence-corrected chi connectivity index (χ4v) is 3.93. The van der Waals surface area contributed by atoms with Crippen molar-refractivity contribution in [3.05, 3.63) is 70.4 Å². The zero-order valence-electron chi connectivity index (χ0n) is 21.3. The molecule has 3 aromatic carbocycles. The maximum atomic E-state index is 13.4. The minimum Gasteiger partial charge on any atom is -0.493 e. The van der Waals surface area contributed by atoms with Gasteiger partial charge in [0.05, 0.1) is 28.4 Å². The molecule has 0 aliphatic heterocycles. The average Bonchev–Trinajstić information content (AvgIpc) is 2.94. The second kappa shape index (κ2) is 11.6. The molecule has 0 N–H and O–H groups in total. The Morgan fingerprint density at radius 1 is 0.703 bits per heavy atom. The molecule has 0 spiro atoms. The first-order valence-electron chi connectivity index (χ1n) is 11.3. The third kappa shape index (κ3) is 5.12. The zero-order valence-corrected chi connectivity index (χ0v) is 21.3. The fourth-order valence-electron chi connectivity index (χ4n) is 3.93. The van der Waals surface area contributed by atoms with Gasteiger partial charge in [-0.05, 0) is 23.8 Å². The smallest absolute Gasteiger partial charge is 0.211 e. The molecule has 0 atom stereocenters. The Kier molecular flexibility index (Phi) is 8.05. The fraction of sp³-hybridized carbons (Fsp3) is 0.250. The lowest BCUT2D eigenvalue weighted by atomic mass is 10.1. The number of benzene rings is 3. The van der Waals surface area contributed by atoms with E-state index < -0.39 is 0 Å². The van der Waals surface area contributed by atoms with Crippen LogP contribution in [0.15, 0.2) is 63.8 Å². The summed E-state index contributed by atoms with van der Waals surface area (Å²) in [6, 6.07) is 16.4. The standard InChI is InChI=1S/C28H28O9/c1-30-16-36-28-24(32-3)23-19(29)14-21(37-25(23)26(33-4)27(28)34-5)18-11-12-20(31-2)22(13-18)35-15-17-9-7-6-8-10-17/h6-14H,15-16H2,1-5H3. The Balaban J connectivity index is 1.85. The van der Waals surface area contributed by atoms with Crippen LogP contribution in [0, 0.1) is 0 Å². The molecule has 0 bridgehead atoms. The van der Waals surface area contributed by atoms with Gasteiger partial charge in [0.1, 0.15) is 17.8 Å².